The molecule has 0 saturated carbocycles. The first-order chi connectivity index (χ1) is 10.6. The van der Waals surface area contributed by atoms with Gasteiger partial charge in [-0.25, -0.2) is 4.98 Å². The Balaban J connectivity index is 2.06. The number of hydrogen-bond donors (Lipinski definition) is 0. The van der Waals surface area contributed by atoms with Gasteiger partial charge >= 0.3 is 0 Å². The SMILES string of the molecule is Cc1csc(/C(C#N)=C/c2ccc(OCCC(C)C)cc2)n1. The summed E-state index contributed by atoms with van der Waals surface area (Å²) in [5.41, 5.74) is 2.50. The summed E-state index contributed by atoms with van der Waals surface area (Å²) < 4.78 is 5.70. The fourth-order valence-corrected chi connectivity index (χ4v) is 2.62. The highest BCUT2D eigenvalue weighted by Crippen LogP contribution is 2.22. The molecule has 0 unspecified atom stereocenters. The zero-order chi connectivity index (χ0) is 15.9. The second kappa shape index (κ2) is 7.77. The number of aryl methyl sites for hydroxylation is 1. The lowest BCUT2D eigenvalue weighted by atomic mass is 10.1. The summed E-state index contributed by atoms with van der Waals surface area (Å²) in [5.74, 6) is 1.50. The molecule has 114 valence electrons. The molecule has 0 N–H and O–H groups in total. The largest absolute Gasteiger partial charge is 0.494 e. The van der Waals surface area contributed by atoms with Gasteiger partial charge in [0.05, 0.1) is 12.2 Å². The first-order valence-corrected chi connectivity index (χ1v) is 8.23. The van der Waals surface area contributed by atoms with E-state index in [0.717, 1.165) is 35.0 Å². The molecular weight excluding hydrogens is 292 g/mol. The first-order valence-electron chi connectivity index (χ1n) is 7.35. The maximum Gasteiger partial charge on any atom is 0.134 e. The Morgan fingerprint density at radius 2 is 2.09 bits per heavy atom. The van der Waals surface area contributed by atoms with Crippen LogP contribution < -0.4 is 4.74 Å². The Kier molecular flexibility index (Phi) is 5.74. The Labute approximate surface area is 135 Å². The molecule has 0 bridgehead atoms. The van der Waals surface area contributed by atoms with Crippen LogP contribution in [0.5, 0.6) is 5.75 Å². The molecule has 1 aromatic heterocycles. The topological polar surface area (TPSA) is 45.9 Å². The van der Waals surface area contributed by atoms with Crippen LogP contribution in [0, 0.1) is 24.2 Å². The molecule has 0 aliphatic carbocycles. The maximum absolute atomic E-state index is 9.30. The molecule has 0 spiro atoms. The lowest BCUT2D eigenvalue weighted by Gasteiger charge is -2.08. The van der Waals surface area contributed by atoms with Gasteiger partial charge in [0.1, 0.15) is 16.8 Å². The fraction of sp³-hybridized carbons (Fsp3) is 0.333. The molecule has 0 aliphatic rings. The van der Waals surface area contributed by atoms with E-state index >= 15 is 0 Å². The van der Waals surface area contributed by atoms with E-state index in [1.54, 1.807) is 0 Å². The fourth-order valence-electron chi connectivity index (χ4n) is 1.86. The molecule has 0 aliphatic heterocycles. The van der Waals surface area contributed by atoms with E-state index in [0.29, 0.717) is 11.5 Å². The van der Waals surface area contributed by atoms with E-state index in [4.69, 9.17) is 4.74 Å². The molecule has 2 rings (SSSR count). The molecular formula is C18H20N2OS. The van der Waals surface area contributed by atoms with Gasteiger partial charge in [0.15, 0.2) is 0 Å². The quantitative estimate of drug-likeness (QED) is 0.710. The second-order valence-corrected chi connectivity index (χ2v) is 6.42. The molecule has 1 heterocycles. The number of ether oxygens (including phenoxy) is 1. The van der Waals surface area contributed by atoms with Crippen molar-refractivity contribution in [3.63, 3.8) is 0 Å². The van der Waals surface area contributed by atoms with Gasteiger partial charge < -0.3 is 4.74 Å². The molecule has 2 aromatic rings. The number of benzene rings is 1. The molecule has 0 radical (unpaired) electrons. The standard InChI is InChI=1S/C18H20N2OS/c1-13(2)8-9-21-17-6-4-15(5-7-17)10-16(11-19)18-20-14(3)12-22-18/h4-7,10,12-13H,8-9H2,1-3H3/b16-10+. The van der Waals surface area contributed by atoms with Crippen LogP contribution in [0.15, 0.2) is 29.6 Å². The molecule has 3 nitrogen and oxygen atoms in total. The van der Waals surface area contributed by atoms with E-state index < -0.39 is 0 Å². The van der Waals surface area contributed by atoms with Crippen LogP contribution in [0.2, 0.25) is 0 Å². The van der Waals surface area contributed by atoms with Gasteiger partial charge in [0.25, 0.3) is 0 Å². The van der Waals surface area contributed by atoms with Crippen molar-refractivity contribution in [1.82, 2.24) is 4.98 Å². The number of nitrogens with zero attached hydrogens (tertiary/aromatic N) is 2. The lowest BCUT2D eigenvalue weighted by Crippen LogP contribution is -2.01. The Hall–Kier alpha value is -2.12. The van der Waals surface area contributed by atoms with E-state index in [2.05, 4.69) is 24.9 Å². The van der Waals surface area contributed by atoms with Crippen LogP contribution in [0.4, 0.5) is 0 Å². The van der Waals surface area contributed by atoms with Gasteiger partial charge in [-0.1, -0.05) is 26.0 Å². The first kappa shape index (κ1) is 16.3. The van der Waals surface area contributed by atoms with Crippen molar-refractivity contribution in [3.8, 4) is 11.8 Å². The molecule has 1 aromatic carbocycles. The van der Waals surface area contributed by atoms with Gasteiger partial charge in [-0.2, -0.15) is 5.26 Å². The molecule has 22 heavy (non-hydrogen) atoms. The Morgan fingerprint density at radius 1 is 1.36 bits per heavy atom. The number of allylic oxidation sites excluding steroid dienone is 1. The zero-order valence-electron chi connectivity index (χ0n) is 13.2. The Morgan fingerprint density at radius 3 is 2.64 bits per heavy atom. The van der Waals surface area contributed by atoms with E-state index in [1.165, 1.54) is 11.3 Å². The number of thiazole rings is 1. The van der Waals surface area contributed by atoms with E-state index in [1.807, 2.05) is 42.6 Å². The third-order valence-corrected chi connectivity index (χ3v) is 4.12. The summed E-state index contributed by atoms with van der Waals surface area (Å²) in [6, 6.07) is 10.0. The van der Waals surface area contributed by atoms with Crippen molar-refractivity contribution in [2.45, 2.75) is 27.2 Å². The summed E-state index contributed by atoms with van der Waals surface area (Å²) >= 11 is 1.49. The van der Waals surface area contributed by atoms with Gasteiger partial charge in [0.2, 0.25) is 0 Å². The van der Waals surface area contributed by atoms with Crippen molar-refractivity contribution in [2.75, 3.05) is 6.61 Å². The molecule has 0 amide bonds. The zero-order valence-corrected chi connectivity index (χ0v) is 14.0. The van der Waals surface area contributed by atoms with Crippen LogP contribution in [0.3, 0.4) is 0 Å². The van der Waals surface area contributed by atoms with Gasteiger partial charge in [-0.3, -0.25) is 0 Å². The van der Waals surface area contributed by atoms with Crippen LogP contribution >= 0.6 is 11.3 Å². The third kappa shape index (κ3) is 4.71. The van der Waals surface area contributed by atoms with Gasteiger partial charge in [-0.15, -0.1) is 11.3 Å². The van der Waals surface area contributed by atoms with E-state index in [-0.39, 0.29) is 0 Å². The highest BCUT2D eigenvalue weighted by Gasteiger charge is 2.05. The third-order valence-electron chi connectivity index (χ3n) is 3.12. The number of nitriles is 1. The summed E-state index contributed by atoms with van der Waals surface area (Å²) in [6.45, 7) is 7.02. The van der Waals surface area contributed by atoms with Crippen molar-refractivity contribution in [3.05, 3.63) is 45.9 Å². The predicted octanol–water partition coefficient (Wildman–Crippen LogP) is 4.94. The monoisotopic (exact) mass is 312 g/mol. The van der Waals surface area contributed by atoms with Crippen molar-refractivity contribution >= 4 is 23.0 Å². The normalized spacial score (nSPS) is 11.5. The predicted molar refractivity (Wildman–Crippen MR) is 91.7 cm³/mol. The van der Waals surface area contributed by atoms with Crippen molar-refractivity contribution in [1.29, 1.82) is 5.26 Å². The number of aromatic nitrogens is 1. The number of hydrogen-bond acceptors (Lipinski definition) is 4. The van der Waals surface area contributed by atoms with Crippen LogP contribution in [-0.4, -0.2) is 11.6 Å². The maximum atomic E-state index is 9.30. The van der Waals surface area contributed by atoms with Gasteiger partial charge in [0, 0.05) is 11.1 Å². The number of rotatable bonds is 6. The summed E-state index contributed by atoms with van der Waals surface area (Å²) in [4.78, 5) is 4.36. The van der Waals surface area contributed by atoms with E-state index in [9.17, 15) is 5.26 Å². The minimum atomic E-state index is 0.589. The summed E-state index contributed by atoms with van der Waals surface area (Å²) in [6.07, 6.45) is 2.90. The lowest BCUT2D eigenvalue weighted by molar-refractivity contribution is 0.289. The van der Waals surface area contributed by atoms with Gasteiger partial charge in [-0.05, 0) is 43.0 Å². The Bertz CT molecular complexity index is 678. The molecule has 0 atom stereocenters. The molecule has 0 fully saturated rings. The second-order valence-electron chi connectivity index (χ2n) is 5.56. The summed E-state index contributed by atoms with van der Waals surface area (Å²) in [5, 5.41) is 12.0. The van der Waals surface area contributed by atoms with Crippen molar-refractivity contribution < 1.29 is 4.74 Å². The highest BCUT2D eigenvalue weighted by molar-refractivity contribution is 7.11. The summed E-state index contributed by atoms with van der Waals surface area (Å²) in [7, 11) is 0. The van der Waals surface area contributed by atoms with Crippen LogP contribution in [-0.2, 0) is 0 Å². The van der Waals surface area contributed by atoms with Crippen LogP contribution in [0.1, 0.15) is 36.5 Å². The van der Waals surface area contributed by atoms with Crippen molar-refractivity contribution in [2.24, 2.45) is 5.92 Å². The smallest absolute Gasteiger partial charge is 0.134 e. The molecule has 4 heteroatoms. The minimum absolute atomic E-state index is 0.589. The average Bonchev–Trinajstić information content (AvgIpc) is 2.92. The average molecular weight is 312 g/mol. The highest BCUT2D eigenvalue weighted by atomic mass is 32.1. The van der Waals surface area contributed by atoms with Crippen LogP contribution in [0.25, 0.3) is 11.6 Å². The molecule has 0 saturated heterocycles. The minimum Gasteiger partial charge on any atom is -0.494 e.